The fourth-order valence-electron chi connectivity index (χ4n) is 4.32. The Morgan fingerprint density at radius 1 is 1.06 bits per heavy atom. The number of aryl methyl sites for hydroxylation is 2. The maximum absolute atomic E-state index is 13.7. The number of thioether (sulfide) groups is 1. The average molecular weight is 498 g/mol. The smallest absolute Gasteiger partial charge is 0.255 e. The molecule has 0 radical (unpaired) electrons. The maximum Gasteiger partial charge on any atom is 0.255 e. The van der Waals surface area contributed by atoms with E-state index >= 15 is 0 Å². The molecule has 36 heavy (non-hydrogen) atoms. The van der Waals surface area contributed by atoms with Crippen molar-refractivity contribution < 1.29 is 9.90 Å². The highest BCUT2D eigenvalue weighted by molar-refractivity contribution is 7.98. The Bertz CT molecular complexity index is 1440. The van der Waals surface area contributed by atoms with Crippen molar-refractivity contribution in [2.24, 2.45) is 0 Å². The van der Waals surface area contributed by atoms with Gasteiger partial charge in [0.05, 0.1) is 5.57 Å². The van der Waals surface area contributed by atoms with Gasteiger partial charge in [0, 0.05) is 17.1 Å². The number of nitrogens with one attached hydrogen (secondary N) is 2. The van der Waals surface area contributed by atoms with Crippen molar-refractivity contribution in [1.29, 1.82) is 0 Å². The molecule has 4 aromatic rings. The molecule has 7 nitrogen and oxygen atoms in total. The summed E-state index contributed by atoms with van der Waals surface area (Å²) in [6.45, 7) is 5.88. The SMILES string of the molecule is CC1=C(C(=O)Nc2ccc(C)cc2C)C(c2ccc(O)cc2)n2nc(SCc3ccccc3)nc2N1. The number of allylic oxidation sites excluding steroid dienone is 1. The molecular formula is C28H27N5O2S. The summed E-state index contributed by atoms with van der Waals surface area (Å²) in [6, 6.07) is 22.4. The Morgan fingerprint density at radius 3 is 2.53 bits per heavy atom. The summed E-state index contributed by atoms with van der Waals surface area (Å²) >= 11 is 1.54. The van der Waals surface area contributed by atoms with Gasteiger partial charge in [0.15, 0.2) is 0 Å². The van der Waals surface area contributed by atoms with Gasteiger partial charge in [0.1, 0.15) is 11.8 Å². The van der Waals surface area contributed by atoms with Crippen LogP contribution in [0.25, 0.3) is 0 Å². The van der Waals surface area contributed by atoms with Gasteiger partial charge in [0.25, 0.3) is 5.91 Å². The molecule has 182 valence electrons. The lowest BCUT2D eigenvalue weighted by Crippen LogP contribution is -2.31. The number of phenolic OH excluding ortho intramolecular Hbond substituents is 1. The van der Waals surface area contributed by atoms with E-state index in [1.165, 1.54) is 5.56 Å². The summed E-state index contributed by atoms with van der Waals surface area (Å²) in [5, 5.41) is 21.6. The van der Waals surface area contributed by atoms with Crippen LogP contribution in [0.1, 0.15) is 35.2 Å². The molecule has 0 fully saturated rings. The molecule has 0 aliphatic carbocycles. The molecule has 2 heterocycles. The summed E-state index contributed by atoms with van der Waals surface area (Å²) in [7, 11) is 0. The highest BCUT2D eigenvalue weighted by Gasteiger charge is 2.34. The van der Waals surface area contributed by atoms with E-state index in [2.05, 4.69) is 22.8 Å². The van der Waals surface area contributed by atoms with E-state index in [9.17, 15) is 9.90 Å². The molecule has 3 N–H and O–H groups in total. The Balaban J connectivity index is 1.50. The standard InChI is InChI=1S/C28H27N5O2S/c1-17-9-14-23(18(2)15-17)30-26(35)24-19(3)29-27-31-28(36-16-20-7-5-4-6-8-20)32-33(27)25(24)21-10-12-22(34)13-11-21/h4-15,25,34H,16H2,1-3H3,(H,30,35)(H,29,31,32). The fraction of sp³-hybridized carbons (Fsp3) is 0.179. The molecule has 3 aromatic carbocycles. The summed E-state index contributed by atoms with van der Waals surface area (Å²) in [6.07, 6.45) is 0. The minimum atomic E-state index is -0.508. The number of anilines is 2. The van der Waals surface area contributed by atoms with Crippen LogP contribution >= 0.6 is 11.8 Å². The van der Waals surface area contributed by atoms with Gasteiger partial charge in [-0.05, 0) is 55.7 Å². The Hall–Kier alpha value is -4.04. The Labute approximate surface area is 214 Å². The van der Waals surface area contributed by atoms with Gasteiger partial charge >= 0.3 is 0 Å². The van der Waals surface area contributed by atoms with Crippen molar-refractivity contribution in [3.05, 3.63) is 106 Å². The third-order valence-electron chi connectivity index (χ3n) is 6.13. The molecule has 0 spiro atoms. The largest absolute Gasteiger partial charge is 0.508 e. The van der Waals surface area contributed by atoms with Gasteiger partial charge in [0.2, 0.25) is 11.1 Å². The molecule has 1 unspecified atom stereocenters. The summed E-state index contributed by atoms with van der Waals surface area (Å²) in [5.74, 6) is 1.25. The second kappa shape index (κ2) is 9.91. The number of hydrogen-bond acceptors (Lipinski definition) is 6. The zero-order chi connectivity index (χ0) is 25.2. The molecule has 1 amide bonds. The fourth-order valence-corrected chi connectivity index (χ4v) is 5.10. The van der Waals surface area contributed by atoms with Crippen LogP contribution in [-0.4, -0.2) is 25.8 Å². The van der Waals surface area contributed by atoms with Gasteiger partial charge in [-0.2, -0.15) is 4.98 Å². The number of aromatic hydroxyl groups is 1. The van der Waals surface area contributed by atoms with Gasteiger partial charge < -0.3 is 15.7 Å². The minimum absolute atomic E-state index is 0.160. The lowest BCUT2D eigenvalue weighted by Gasteiger charge is -2.28. The number of phenols is 1. The first-order valence-electron chi connectivity index (χ1n) is 11.7. The van der Waals surface area contributed by atoms with Gasteiger partial charge in [-0.1, -0.05) is 71.9 Å². The number of amides is 1. The second-order valence-electron chi connectivity index (χ2n) is 8.87. The van der Waals surface area contributed by atoms with Crippen molar-refractivity contribution in [2.45, 2.75) is 37.7 Å². The quantitative estimate of drug-likeness (QED) is 0.291. The maximum atomic E-state index is 13.7. The van der Waals surface area contributed by atoms with Crippen molar-refractivity contribution in [3.8, 4) is 5.75 Å². The lowest BCUT2D eigenvalue weighted by molar-refractivity contribution is -0.113. The van der Waals surface area contributed by atoms with Crippen molar-refractivity contribution in [2.75, 3.05) is 10.6 Å². The third-order valence-corrected chi connectivity index (χ3v) is 7.04. The molecule has 1 atom stereocenters. The first kappa shape index (κ1) is 23.7. The molecule has 1 aliphatic heterocycles. The molecule has 1 aromatic heterocycles. The molecule has 8 heteroatoms. The van der Waals surface area contributed by atoms with Crippen LogP contribution in [0.15, 0.2) is 89.2 Å². The molecule has 1 aliphatic rings. The summed E-state index contributed by atoms with van der Waals surface area (Å²) in [5.41, 5.74) is 6.14. The van der Waals surface area contributed by atoms with Crippen molar-refractivity contribution >= 4 is 29.3 Å². The zero-order valence-electron chi connectivity index (χ0n) is 20.3. The number of nitrogens with zero attached hydrogens (tertiary/aromatic N) is 3. The Kier molecular flexibility index (Phi) is 6.52. The van der Waals surface area contributed by atoms with E-state index in [4.69, 9.17) is 10.1 Å². The van der Waals surface area contributed by atoms with Gasteiger partial charge in [-0.3, -0.25) is 4.79 Å². The van der Waals surface area contributed by atoms with Crippen LogP contribution in [-0.2, 0) is 10.5 Å². The van der Waals surface area contributed by atoms with Crippen molar-refractivity contribution in [3.63, 3.8) is 0 Å². The minimum Gasteiger partial charge on any atom is -0.508 e. The van der Waals surface area contributed by atoms with E-state index in [-0.39, 0.29) is 11.7 Å². The number of carbonyl (C=O) groups is 1. The van der Waals surface area contributed by atoms with E-state index in [0.29, 0.717) is 22.4 Å². The lowest BCUT2D eigenvalue weighted by atomic mass is 9.95. The molecule has 0 bridgehead atoms. The summed E-state index contributed by atoms with van der Waals surface area (Å²) in [4.78, 5) is 18.4. The second-order valence-corrected chi connectivity index (χ2v) is 9.81. The molecule has 5 rings (SSSR count). The third kappa shape index (κ3) is 4.85. The number of benzene rings is 3. The van der Waals surface area contributed by atoms with E-state index in [0.717, 1.165) is 28.1 Å². The predicted molar refractivity (Wildman–Crippen MR) is 143 cm³/mol. The highest BCUT2D eigenvalue weighted by Crippen LogP contribution is 2.37. The normalized spacial score (nSPS) is 14.8. The molecule has 0 saturated heterocycles. The van der Waals surface area contributed by atoms with Crippen LogP contribution in [0, 0.1) is 13.8 Å². The number of hydrogen-bond donors (Lipinski definition) is 3. The monoisotopic (exact) mass is 497 g/mol. The topological polar surface area (TPSA) is 92.1 Å². The van der Waals surface area contributed by atoms with Crippen LogP contribution in [0.4, 0.5) is 11.6 Å². The van der Waals surface area contributed by atoms with E-state index in [1.54, 1.807) is 28.6 Å². The number of rotatable bonds is 6. The first-order chi connectivity index (χ1) is 17.4. The zero-order valence-corrected chi connectivity index (χ0v) is 21.1. The van der Waals surface area contributed by atoms with E-state index < -0.39 is 6.04 Å². The molecular weight excluding hydrogens is 470 g/mol. The van der Waals surface area contributed by atoms with Crippen LogP contribution in [0.3, 0.4) is 0 Å². The van der Waals surface area contributed by atoms with Crippen LogP contribution in [0.5, 0.6) is 5.75 Å². The number of carbonyl (C=O) groups excluding carboxylic acids is 1. The van der Waals surface area contributed by atoms with Gasteiger partial charge in [-0.25, -0.2) is 4.68 Å². The van der Waals surface area contributed by atoms with Crippen molar-refractivity contribution in [1.82, 2.24) is 14.8 Å². The Morgan fingerprint density at radius 2 is 1.81 bits per heavy atom. The average Bonchev–Trinajstić information content (AvgIpc) is 3.27. The number of aromatic nitrogens is 3. The first-order valence-corrected chi connectivity index (χ1v) is 12.7. The molecule has 0 saturated carbocycles. The predicted octanol–water partition coefficient (Wildman–Crippen LogP) is 5.82. The van der Waals surface area contributed by atoms with Gasteiger partial charge in [-0.15, -0.1) is 5.10 Å². The number of fused-ring (bicyclic) bond motifs is 1. The highest BCUT2D eigenvalue weighted by atomic mass is 32.2. The van der Waals surface area contributed by atoms with Crippen LogP contribution in [0.2, 0.25) is 0 Å². The van der Waals surface area contributed by atoms with Crippen LogP contribution < -0.4 is 10.6 Å². The van der Waals surface area contributed by atoms with E-state index in [1.807, 2.05) is 69.3 Å². The summed E-state index contributed by atoms with van der Waals surface area (Å²) < 4.78 is 1.75.